The van der Waals surface area contributed by atoms with Gasteiger partial charge >= 0.3 is 5.69 Å². The van der Waals surface area contributed by atoms with Crippen molar-refractivity contribution in [1.29, 1.82) is 0 Å². The number of carbonyl (C=O) groups excluding carboxylic acids is 1. The van der Waals surface area contributed by atoms with Crippen molar-refractivity contribution in [2.75, 3.05) is 6.61 Å². The monoisotopic (exact) mass is 358 g/mol. The second-order valence-electron chi connectivity index (χ2n) is 6.63. The molecule has 1 unspecified atom stereocenters. The summed E-state index contributed by atoms with van der Waals surface area (Å²) in [7, 11) is 0. The zero-order valence-corrected chi connectivity index (χ0v) is 15.7. The molecule has 140 valence electrons. The fourth-order valence-electron chi connectivity index (χ4n) is 3.19. The van der Waals surface area contributed by atoms with Crippen molar-refractivity contribution in [3.05, 3.63) is 68.0 Å². The van der Waals surface area contributed by atoms with Crippen LogP contribution in [-0.2, 0) is 16.3 Å². The van der Waals surface area contributed by atoms with Gasteiger partial charge < -0.3 is 4.74 Å². The van der Waals surface area contributed by atoms with E-state index in [1.165, 1.54) is 11.5 Å². The Morgan fingerprint density at radius 2 is 1.85 bits per heavy atom. The van der Waals surface area contributed by atoms with Gasteiger partial charge in [-0.1, -0.05) is 44.2 Å². The van der Waals surface area contributed by atoms with Gasteiger partial charge in [0.05, 0.1) is 0 Å². The summed E-state index contributed by atoms with van der Waals surface area (Å²) in [6, 6.07) is 9.48. The Kier molecular flexibility index (Phi) is 6.69. The van der Waals surface area contributed by atoms with E-state index in [0.717, 1.165) is 5.56 Å². The average Bonchev–Trinajstić information content (AvgIpc) is 2.58. The Hall–Kier alpha value is -2.47. The van der Waals surface area contributed by atoms with E-state index >= 15 is 0 Å². The summed E-state index contributed by atoms with van der Waals surface area (Å²) >= 11 is 0. The van der Waals surface area contributed by atoms with E-state index in [1.807, 2.05) is 51.1 Å². The zero-order valence-electron chi connectivity index (χ0n) is 15.7. The summed E-state index contributed by atoms with van der Waals surface area (Å²) < 4.78 is 6.91. The maximum atomic E-state index is 12.6. The van der Waals surface area contributed by atoms with Crippen molar-refractivity contribution in [3.63, 3.8) is 0 Å². The number of hydrogen-bond acceptors (Lipinski definition) is 4. The highest BCUT2D eigenvalue weighted by Crippen LogP contribution is 2.31. The van der Waals surface area contributed by atoms with Crippen LogP contribution in [0.3, 0.4) is 0 Å². The van der Waals surface area contributed by atoms with E-state index in [1.54, 1.807) is 0 Å². The normalized spacial score (nSPS) is 12.3. The third-order valence-electron chi connectivity index (χ3n) is 4.30. The summed E-state index contributed by atoms with van der Waals surface area (Å²) in [6.45, 7) is 7.62. The Balaban J connectivity index is 2.81. The number of nitrogens with one attached hydrogen (secondary N) is 1. The van der Waals surface area contributed by atoms with E-state index in [9.17, 15) is 14.4 Å². The molecule has 0 spiro atoms. The van der Waals surface area contributed by atoms with Gasteiger partial charge in [-0.05, 0) is 25.3 Å². The summed E-state index contributed by atoms with van der Waals surface area (Å²) in [5, 5.41) is 0. The predicted molar refractivity (Wildman–Crippen MR) is 101 cm³/mol. The number of hydrogen-bond donors (Lipinski definition) is 1. The third-order valence-corrected chi connectivity index (χ3v) is 4.30. The van der Waals surface area contributed by atoms with Crippen LogP contribution in [0.2, 0.25) is 0 Å². The van der Waals surface area contributed by atoms with Crippen molar-refractivity contribution < 1.29 is 9.53 Å². The van der Waals surface area contributed by atoms with Crippen molar-refractivity contribution in [3.8, 4) is 0 Å². The SMILES string of the molecule is CCOCn1c(C(CC(C)=O)c2ccccc2)c(C(C)C)c(=O)[nH]c1=O. The van der Waals surface area contributed by atoms with E-state index < -0.39 is 11.2 Å². The molecule has 2 rings (SSSR count). The third kappa shape index (κ3) is 4.38. The number of benzene rings is 1. The Bertz CT molecular complexity index is 866. The number of ketones is 1. The summed E-state index contributed by atoms with van der Waals surface area (Å²) in [4.78, 5) is 39.4. The predicted octanol–water partition coefficient (Wildman–Crippen LogP) is 2.77. The first-order chi connectivity index (χ1) is 12.4. The second kappa shape index (κ2) is 8.76. The molecule has 0 aliphatic carbocycles. The van der Waals surface area contributed by atoms with Gasteiger partial charge in [-0.15, -0.1) is 0 Å². The molecular formula is C20H26N2O4. The van der Waals surface area contributed by atoms with Crippen molar-refractivity contribution in [1.82, 2.24) is 9.55 Å². The van der Waals surface area contributed by atoms with Gasteiger partial charge in [0.1, 0.15) is 12.5 Å². The molecule has 0 amide bonds. The number of ether oxygens (including phenoxy) is 1. The van der Waals surface area contributed by atoms with E-state index in [-0.39, 0.29) is 30.8 Å². The van der Waals surface area contributed by atoms with E-state index in [0.29, 0.717) is 17.9 Å². The largest absolute Gasteiger partial charge is 0.361 e. The molecule has 0 radical (unpaired) electrons. The molecule has 0 saturated heterocycles. The van der Waals surface area contributed by atoms with Gasteiger partial charge in [0.25, 0.3) is 5.56 Å². The Morgan fingerprint density at radius 3 is 2.38 bits per heavy atom. The minimum Gasteiger partial charge on any atom is -0.361 e. The summed E-state index contributed by atoms with van der Waals surface area (Å²) in [6.07, 6.45) is 0.207. The van der Waals surface area contributed by atoms with E-state index in [4.69, 9.17) is 4.74 Å². The molecule has 0 fully saturated rings. The lowest BCUT2D eigenvalue weighted by Crippen LogP contribution is -2.38. The standard InChI is InChI=1S/C20H26N2O4/c1-5-26-12-22-18(17(13(2)3)19(24)21-20(22)25)16(11-14(4)23)15-9-7-6-8-10-15/h6-10,13,16H,5,11-12H2,1-4H3,(H,21,24,25). The summed E-state index contributed by atoms with van der Waals surface area (Å²) in [5.74, 6) is -0.508. The summed E-state index contributed by atoms with van der Waals surface area (Å²) in [5.41, 5.74) is 1.03. The highest BCUT2D eigenvalue weighted by molar-refractivity contribution is 5.77. The van der Waals surface area contributed by atoms with Crippen LogP contribution in [-0.4, -0.2) is 21.9 Å². The molecule has 6 nitrogen and oxygen atoms in total. The van der Waals surface area contributed by atoms with Crippen LogP contribution in [0.1, 0.15) is 62.8 Å². The van der Waals surface area contributed by atoms with Gasteiger partial charge in [-0.3, -0.25) is 19.1 Å². The molecule has 0 bridgehead atoms. The fourth-order valence-corrected chi connectivity index (χ4v) is 3.19. The molecule has 0 aliphatic rings. The van der Waals surface area contributed by atoms with Gasteiger partial charge in [-0.2, -0.15) is 0 Å². The Morgan fingerprint density at radius 1 is 1.19 bits per heavy atom. The molecule has 1 N–H and O–H groups in total. The quantitative estimate of drug-likeness (QED) is 0.787. The maximum absolute atomic E-state index is 12.6. The fraction of sp³-hybridized carbons (Fsp3) is 0.450. The lowest BCUT2D eigenvalue weighted by molar-refractivity contribution is -0.117. The first kappa shape index (κ1) is 19.8. The average molecular weight is 358 g/mol. The van der Waals surface area contributed by atoms with Crippen LogP contribution in [0.15, 0.2) is 39.9 Å². The second-order valence-corrected chi connectivity index (χ2v) is 6.63. The molecule has 1 aromatic carbocycles. The number of Topliss-reactive ketones (excluding diaryl/α,β-unsaturated/α-hetero) is 1. The molecule has 0 saturated carbocycles. The van der Waals surface area contributed by atoms with Gasteiger partial charge in [0.15, 0.2) is 0 Å². The van der Waals surface area contributed by atoms with Crippen LogP contribution >= 0.6 is 0 Å². The number of H-pyrrole nitrogens is 1. The minimum atomic E-state index is -0.521. The number of aromatic nitrogens is 2. The lowest BCUT2D eigenvalue weighted by atomic mass is 9.85. The lowest BCUT2D eigenvalue weighted by Gasteiger charge is -2.25. The minimum absolute atomic E-state index is 0.00995. The van der Waals surface area contributed by atoms with Crippen LogP contribution < -0.4 is 11.2 Å². The molecule has 1 heterocycles. The van der Waals surface area contributed by atoms with Crippen molar-refractivity contribution in [2.24, 2.45) is 0 Å². The molecular weight excluding hydrogens is 332 g/mol. The van der Waals surface area contributed by atoms with Crippen LogP contribution in [0.25, 0.3) is 0 Å². The van der Waals surface area contributed by atoms with Crippen molar-refractivity contribution >= 4 is 5.78 Å². The van der Waals surface area contributed by atoms with E-state index in [2.05, 4.69) is 4.98 Å². The van der Waals surface area contributed by atoms with Crippen molar-refractivity contribution in [2.45, 2.75) is 52.7 Å². The zero-order chi connectivity index (χ0) is 19.3. The molecule has 26 heavy (non-hydrogen) atoms. The highest BCUT2D eigenvalue weighted by Gasteiger charge is 2.27. The maximum Gasteiger partial charge on any atom is 0.330 e. The topological polar surface area (TPSA) is 81.2 Å². The number of carbonyl (C=O) groups is 1. The molecule has 2 aromatic rings. The molecule has 1 aromatic heterocycles. The van der Waals surface area contributed by atoms with Crippen LogP contribution in [0.5, 0.6) is 0 Å². The van der Waals surface area contributed by atoms with Crippen LogP contribution in [0.4, 0.5) is 0 Å². The van der Waals surface area contributed by atoms with Gasteiger partial charge in [-0.25, -0.2) is 4.79 Å². The first-order valence-corrected chi connectivity index (χ1v) is 8.85. The van der Waals surface area contributed by atoms with Gasteiger partial charge in [0.2, 0.25) is 0 Å². The van der Waals surface area contributed by atoms with Crippen LogP contribution in [0, 0.1) is 0 Å². The highest BCUT2D eigenvalue weighted by atomic mass is 16.5. The smallest absolute Gasteiger partial charge is 0.330 e. The molecule has 6 heteroatoms. The van der Waals surface area contributed by atoms with Gasteiger partial charge in [0, 0.05) is 30.2 Å². The number of nitrogens with zero attached hydrogens (tertiary/aromatic N) is 1. The first-order valence-electron chi connectivity index (χ1n) is 8.85. The Labute approximate surface area is 152 Å². The number of rotatable bonds is 8. The molecule has 0 aliphatic heterocycles. The molecule has 1 atom stereocenters. The number of aromatic amines is 1.